The first-order valence-corrected chi connectivity index (χ1v) is 3.56. The summed E-state index contributed by atoms with van der Waals surface area (Å²) in [4.78, 5) is 0. The molecule has 0 aliphatic heterocycles. The molecule has 0 saturated carbocycles. The van der Waals surface area contributed by atoms with Crippen molar-refractivity contribution in [1.82, 2.24) is 5.32 Å². The molecular formula is C3H5Cl3N2S. The van der Waals surface area contributed by atoms with Gasteiger partial charge in [0.15, 0.2) is 5.11 Å². The quantitative estimate of drug-likeness (QED) is 0.501. The lowest BCUT2D eigenvalue weighted by Gasteiger charge is -2.10. The maximum absolute atomic E-state index is 5.33. The van der Waals surface area contributed by atoms with Crippen LogP contribution in [-0.2, 0) is 0 Å². The molecule has 3 N–H and O–H groups in total. The van der Waals surface area contributed by atoms with Crippen LogP contribution in [0.3, 0.4) is 0 Å². The van der Waals surface area contributed by atoms with Crippen LogP contribution >= 0.6 is 47.0 Å². The van der Waals surface area contributed by atoms with Gasteiger partial charge in [-0.05, 0) is 12.2 Å². The number of alkyl halides is 3. The van der Waals surface area contributed by atoms with Gasteiger partial charge in [-0.3, -0.25) is 0 Å². The third-order valence-corrected chi connectivity index (χ3v) is 1.01. The molecule has 54 valence electrons. The van der Waals surface area contributed by atoms with E-state index in [1.54, 1.807) is 0 Å². The lowest BCUT2D eigenvalue weighted by molar-refractivity contribution is 0.903. The van der Waals surface area contributed by atoms with Crippen molar-refractivity contribution in [3.8, 4) is 0 Å². The van der Waals surface area contributed by atoms with Crippen LogP contribution in [-0.4, -0.2) is 15.4 Å². The fourth-order valence-electron chi connectivity index (χ4n) is 0.187. The van der Waals surface area contributed by atoms with Crippen molar-refractivity contribution in [2.45, 2.75) is 3.79 Å². The minimum absolute atomic E-state index is 0.126. The summed E-state index contributed by atoms with van der Waals surface area (Å²) in [5.74, 6) is 0. The van der Waals surface area contributed by atoms with E-state index >= 15 is 0 Å². The Labute approximate surface area is 73.6 Å². The molecule has 0 aliphatic carbocycles. The highest BCUT2D eigenvalue weighted by Crippen LogP contribution is 2.24. The van der Waals surface area contributed by atoms with Crippen molar-refractivity contribution in [1.29, 1.82) is 0 Å². The Kier molecular flexibility index (Phi) is 3.89. The van der Waals surface area contributed by atoms with Gasteiger partial charge in [0.2, 0.25) is 3.79 Å². The summed E-state index contributed by atoms with van der Waals surface area (Å²) in [5, 5.41) is 2.63. The van der Waals surface area contributed by atoms with E-state index in [0.717, 1.165) is 0 Å². The number of nitrogens with two attached hydrogens (primary N) is 1. The molecule has 0 fully saturated rings. The zero-order chi connectivity index (χ0) is 7.49. The molecule has 6 heteroatoms. The first kappa shape index (κ1) is 9.56. The van der Waals surface area contributed by atoms with Crippen LogP contribution in [0.2, 0.25) is 0 Å². The summed E-state index contributed by atoms with van der Waals surface area (Å²) in [5.41, 5.74) is 5.04. The molecule has 0 aliphatic rings. The minimum Gasteiger partial charge on any atom is -0.376 e. The van der Waals surface area contributed by atoms with E-state index in [9.17, 15) is 0 Å². The molecule has 0 saturated heterocycles. The summed E-state index contributed by atoms with van der Waals surface area (Å²) < 4.78 is -1.33. The Morgan fingerprint density at radius 3 is 2.11 bits per heavy atom. The molecule has 0 radical (unpaired) electrons. The van der Waals surface area contributed by atoms with Crippen LogP contribution < -0.4 is 11.1 Å². The van der Waals surface area contributed by atoms with Crippen LogP contribution in [0.5, 0.6) is 0 Å². The molecule has 0 rings (SSSR count). The summed E-state index contributed by atoms with van der Waals surface area (Å²) in [6, 6.07) is 0. The molecule has 0 spiro atoms. The first-order chi connectivity index (χ1) is 3.92. The highest BCUT2D eigenvalue weighted by molar-refractivity contribution is 7.80. The Morgan fingerprint density at radius 1 is 1.56 bits per heavy atom. The number of thiocarbonyl (C=S) groups is 1. The molecule has 0 aromatic heterocycles. The van der Waals surface area contributed by atoms with Crippen molar-refractivity contribution in [2.75, 3.05) is 6.54 Å². The standard InChI is InChI=1S/C3H5Cl3N2S/c4-3(5,6)1-8-2(7)9/h1H2,(H3,7,8,9). The van der Waals surface area contributed by atoms with E-state index in [-0.39, 0.29) is 11.7 Å². The number of hydrogen-bond donors (Lipinski definition) is 2. The van der Waals surface area contributed by atoms with Crippen LogP contribution in [0.1, 0.15) is 0 Å². The van der Waals surface area contributed by atoms with E-state index in [4.69, 9.17) is 40.5 Å². The maximum atomic E-state index is 5.33. The van der Waals surface area contributed by atoms with Gasteiger partial charge in [-0.25, -0.2) is 0 Å². The van der Waals surface area contributed by atoms with Gasteiger partial charge in [0, 0.05) is 0 Å². The molecule has 0 aromatic rings. The third-order valence-electron chi connectivity index (χ3n) is 0.463. The smallest absolute Gasteiger partial charge is 0.207 e. The van der Waals surface area contributed by atoms with Crippen LogP contribution in [0.15, 0.2) is 0 Å². The molecule has 0 atom stereocenters. The second kappa shape index (κ2) is 3.66. The van der Waals surface area contributed by atoms with Gasteiger partial charge in [-0.1, -0.05) is 34.8 Å². The fraction of sp³-hybridized carbons (Fsp3) is 0.667. The largest absolute Gasteiger partial charge is 0.376 e. The Balaban J connectivity index is 3.39. The average Bonchev–Trinajstić information content (AvgIpc) is 1.59. The number of hydrogen-bond acceptors (Lipinski definition) is 1. The van der Waals surface area contributed by atoms with Crippen molar-refractivity contribution in [3.63, 3.8) is 0 Å². The van der Waals surface area contributed by atoms with Crippen LogP contribution in [0.25, 0.3) is 0 Å². The number of nitrogens with one attached hydrogen (secondary N) is 1. The molecule has 0 unspecified atom stereocenters. The fourth-order valence-corrected chi connectivity index (χ4v) is 0.460. The monoisotopic (exact) mass is 206 g/mol. The SMILES string of the molecule is NC(=S)NCC(Cl)(Cl)Cl. The summed E-state index contributed by atoms with van der Waals surface area (Å²) in [7, 11) is 0. The van der Waals surface area contributed by atoms with Gasteiger partial charge < -0.3 is 11.1 Å². The van der Waals surface area contributed by atoms with Crippen LogP contribution in [0.4, 0.5) is 0 Å². The highest BCUT2D eigenvalue weighted by Gasteiger charge is 2.18. The predicted molar refractivity (Wildman–Crippen MR) is 45.1 cm³/mol. The van der Waals surface area contributed by atoms with Gasteiger partial charge in [0.25, 0.3) is 0 Å². The Bertz CT molecular complexity index is 110. The minimum atomic E-state index is -1.33. The normalized spacial score (nSPS) is 11.0. The molecule has 9 heavy (non-hydrogen) atoms. The lowest BCUT2D eigenvalue weighted by Crippen LogP contribution is -2.35. The highest BCUT2D eigenvalue weighted by atomic mass is 35.6. The van der Waals surface area contributed by atoms with E-state index in [2.05, 4.69) is 17.5 Å². The predicted octanol–water partition coefficient (Wildman–Crippen LogP) is 1.19. The van der Waals surface area contributed by atoms with Gasteiger partial charge >= 0.3 is 0 Å². The van der Waals surface area contributed by atoms with Crippen molar-refractivity contribution in [2.24, 2.45) is 5.73 Å². The van der Waals surface area contributed by atoms with Crippen LogP contribution in [0, 0.1) is 0 Å². The number of rotatable bonds is 1. The second-order valence-corrected chi connectivity index (χ2v) is 4.29. The van der Waals surface area contributed by atoms with Crippen molar-refractivity contribution < 1.29 is 0 Å². The molecule has 0 heterocycles. The molecule has 0 aromatic carbocycles. The first-order valence-electron chi connectivity index (χ1n) is 2.02. The summed E-state index contributed by atoms with van der Waals surface area (Å²) in [6.07, 6.45) is 0. The van der Waals surface area contributed by atoms with Crippen molar-refractivity contribution in [3.05, 3.63) is 0 Å². The molecule has 0 amide bonds. The van der Waals surface area contributed by atoms with E-state index in [1.165, 1.54) is 0 Å². The zero-order valence-corrected chi connectivity index (χ0v) is 7.41. The average molecular weight is 208 g/mol. The maximum Gasteiger partial charge on any atom is 0.207 e. The zero-order valence-electron chi connectivity index (χ0n) is 4.33. The Hall–Kier alpha value is 0.560. The third kappa shape index (κ3) is 8.56. The molecule has 2 nitrogen and oxygen atoms in total. The van der Waals surface area contributed by atoms with Gasteiger partial charge in [0.05, 0.1) is 6.54 Å². The van der Waals surface area contributed by atoms with E-state index in [1.807, 2.05) is 0 Å². The molecule has 0 bridgehead atoms. The summed E-state index contributed by atoms with van der Waals surface area (Å²) >= 11 is 20.4. The van der Waals surface area contributed by atoms with Crippen molar-refractivity contribution >= 4 is 52.1 Å². The van der Waals surface area contributed by atoms with Gasteiger partial charge in [-0.2, -0.15) is 0 Å². The van der Waals surface area contributed by atoms with Gasteiger partial charge in [-0.15, -0.1) is 0 Å². The van der Waals surface area contributed by atoms with Gasteiger partial charge in [0.1, 0.15) is 0 Å². The van der Waals surface area contributed by atoms with E-state index < -0.39 is 3.79 Å². The topological polar surface area (TPSA) is 38.0 Å². The number of halogens is 3. The van der Waals surface area contributed by atoms with E-state index in [0.29, 0.717) is 0 Å². The lowest BCUT2D eigenvalue weighted by atomic mass is 10.7. The Morgan fingerprint density at radius 2 is 2.00 bits per heavy atom. The molecular weight excluding hydrogens is 202 g/mol. The summed E-state index contributed by atoms with van der Waals surface area (Å²) in [6.45, 7) is 0.132. The second-order valence-electron chi connectivity index (χ2n) is 1.33.